The zero-order valence-corrected chi connectivity index (χ0v) is 18.9. The number of phenols is 1. The van der Waals surface area contributed by atoms with E-state index >= 15 is 0 Å². The predicted molar refractivity (Wildman–Crippen MR) is 127 cm³/mol. The second-order valence-electron chi connectivity index (χ2n) is 8.85. The van der Waals surface area contributed by atoms with E-state index in [2.05, 4.69) is 56.3 Å². The number of hydrazine groups is 2. The van der Waals surface area contributed by atoms with E-state index in [1.54, 1.807) is 6.07 Å². The van der Waals surface area contributed by atoms with Crippen molar-refractivity contribution in [3.8, 4) is 5.75 Å². The predicted octanol–water partition coefficient (Wildman–Crippen LogP) is 1.50. The molecule has 0 amide bonds. The molecule has 0 radical (unpaired) electrons. The van der Waals surface area contributed by atoms with E-state index in [0.717, 1.165) is 49.1 Å². The molecular formula is C22H30N10O. The van der Waals surface area contributed by atoms with Crippen molar-refractivity contribution < 1.29 is 5.11 Å². The van der Waals surface area contributed by atoms with Gasteiger partial charge in [0.05, 0.1) is 5.69 Å². The summed E-state index contributed by atoms with van der Waals surface area (Å²) < 4.78 is 1.81. The molecule has 11 nitrogen and oxygen atoms in total. The summed E-state index contributed by atoms with van der Waals surface area (Å²) in [5.41, 5.74) is 15.6. The molecule has 2 aliphatic heterocycles. The highest BCUT2D eigenvalue weighted by Gasteiger charge is 2.21. The molecule has 2 aliphatic rings. The van der Waals surface area contributed by atoms with Crippen LogP contribution in [0.2, 0.25) is 0 Å². The third kappa shape index (κ3) is 4.42. The van der Waals surface area contributed by atoms with Gasteiger partial charge in [-0.25, -0.2) is 15.0 Å². The number of nitrogens with zero attached hydrogens (tertiary/aromatic N) is 6. The van der Waals surface area contributed by atoms with Crippen LogP contribution in [-0.4, -0.2) is 60.7 Å². The maximum absolute atomic E-state index is 10.5. The lowest BCUT2D eigenvalue weighted by molar-refractivity contribution is 0.133. The number of anilines is 2. The number of piperidine rings is 1. The first-order valence-corrected chi connectivity index (χ1v) is 11.3. The Kier molecular flexibility index (Phi) is 5.75. The number of hydrazone groups is 1. The van der Waals surface area contributed by atoms with Crippen molar-refractivity contribution in [1.82, 2.24) is 35.6 Å². The van der Waals surface area contributed by atoms with Crippen molar-refractivity contribution in [2.45, 2.75) is 45.3 Å². The van der Waals surface area contributed by atoms with Crippen molar-refractivity contribution in [1.29, 1.82) is 0 Å². The summed E-state index contributed by atoms with van der Waals surface area (Å²) in [4.78, 5) is 6.89. The molecule has 0 aliphatic carbocycles. The molecule has 11 heteroatoms. The lowest BCUT2D eigenvalue weighted by Crippen LogP contribution is -2.46. The highest BCUT2D eigenvalue weighted by atomic mass is 16.3. The van der Waals surface area contributed by atoms with Crippen LogP contribution in [-0.2, 0) is 6.54 Å². The summed E-state index contributed by atoms with van der Waals surface area (Å²) in [6.45, 7) is 6.86. The van der Waals surface area contributed by atoms with E-state index in [9.17, 15) is 5.11 Å². The van der Waals surface area contributed by atoms with Gasteiger partial charge in [0.15, 0.2) is 11.7 Å². The van der Waals surface area contributed by atoms with Crippen LogP contribution in [0.5, 0.6) is 5.75 Å². The van der Waals surface area contributed by atoms with Crippen LogP contribution in [0.15, 0.2) is 41.9 Å². The van der Waals surface area contributed by atoms with Gasteiger partial charge in [-0.3, -0.25) is 10.3 Å². The Hall–Kier alpha value is -3.41. The van der Waals surface area contributed by atoms with Gasteiger partial charge in [-0.15, -0.1) is 10.2 Å². The fraction of sp³-hybridized carbons (Fsp3) is 0.409. The fourth-order valence-electron chi connectivity index (χ4n) is 4.14. The monoisotopic (exact) mass is 450 g/mol. The first-order valence-electron chi connectivity index (χ1n) is 11.3. The van der Waals surface area contributed by atoms with Gasteiger partial charge >= 0.3 is 0 Å². The molecular weight excluding hydrogens is 420 g/mol. The quantitative estimate of drug-likeness (QED) is 0.355. The van der Waals surface area contributed by atoms with Crippen molar-refractivity contribution in [3.63, 3.8) is 0 Å². The number of amidine groups is 1. The number of rotatable bonds is 6. The van der Waals surface area contributed by atoms with Crippen molar-refractivity contribution in [2.24, 2.45) is 10.8 Å². The van der Waals surface area contributed by atoms with Crippen LogP contribution in [0.25, 0.3) is 5.52 Å². The Balaban J connectivity index is 1.41. The van der Waals surface area contributed by atoms with Crippen LogP contribution in [0.3, 0.4) is 0 Å². The molecule has 3 aromatic rings. The molecule has 0 unspecified atom stereocenters. The maximum Gasteiger partial charge on any atom is 0.170 e. The van der Waals surface area contributed by atoms with E-state index < -0.39 is 0 Å². The molecule has 0 saturated carbocycles. The molecule has 1 saturated heterocycles. The van der Waals surface area contributed by atoms with E-state index in [1.165, 1.54) is 6.33 Å². The summed E-state index contributed by atoms with van der Waals surface area (Å²) in [5.74, 6) is 1.43. The minimum atomic E-state index is 0.126. The SMILES string of the molecule is CC(C)N1NN=C(c2ccc(O)c(Nc3ncnn4ccc(CN5CCC(N)CC5)c34)c2)N1. The summed E-state index contributed by atoms with van der Waals surface area (Å²) in [6.07, 6.45) is 5.46. The molecule has 1 fully saturated rings. The van der Waals surface area contributed by atoms with Gasteiger partial charge in [-0.1, -0.05) is 0 Å². The number of aromatic hydroxyl groups is 1. The number of benzene rings is 1. The number of phenolic OH excluding ortho intramolecular Hbond substituents is 1. The third-order valence-corrected chi connectivity index (χ3v) is 6.10. The number of fused-ring (bicyclic) bond motifs is 1. The maximum atomic E-state index is 10.5. The minimum Gasteiger partial charge on any atom is -0.506 e. The largest absolute Gasteiger partial charge is 0.506 e. The normalized spacial score (nSPS) is 17.9. The van der Waals surface area contributed by atoms with Gasteiger partial charge in [0.2, 0.25) is 0 Å². The van der Waals surface area contributed by atoms with Gasteiger partial charge in [0, 0.05) is 30.4 Å². The van der Waals surface area contributed by atoms with Crippen LogP contribution >= 0.6 is 0 Å². The molecule has 0 bridgehead atoms. The van der Waals surface area contributed by atoms with Crippen LogP contribution in [0, 0.1) is 0 Å². The first kappa shape index (κ1) is 21.4. The third-order valence-electron chi connectivity index (χ3n) is 6.10. The second kappa shape index (κ2) is 8.85. The van der Waals surface area contributed by atoms with E-state index in [4.69, 9.17) is 5.73 Å². The number of nitrogens with one attached hydrogen (secondary N) is 3. The smallest absolute Gasteiger partial charge is 0.170 e. The first-order chi connectivity index (χ1) is 16.0. The molecule has 1 aromatic carbocycles. The average molecular weight is 451 g/mol. The lowest BCUT2D eigenvalue weighted by Gasteiger charge is -2.29. The number of hydrogen-bond acceptors (Lipinski definition) is 10. The van der Waals surface area contributed by atoms with Gasteiger partial charge < -0.3 is 16.2 Å². The summed E-state index contributed by atoms with van der Waals surface area (Å²) in [5, 5.41) is 24.4. The van der Waals surface area contributed by atoms with Crippen molar-refractivity contribution in [3.05, 3.63) is 47.9 Å². The molecule has 174 valence electrons. The average Bonchev–Trinajstić information content (AvgIpc) is 3.45. The van der Waals surface area contributed by atoms with Gasteiger partial charge in [0.1, 0.15) is 17.6 Å². The Bertz CT molecular complexity index is 1170. The van der Waals surface area contributed by atoms with E-state index in [1.807, 2.05) is 28.0 Å². The zero-order valence-electron chi connectivity index (χ0n) is 18.9. The molecule has 33 heavy (non-hydrogen) atoms. The number of aromatic nitrogens is 3. The Morgan fingerprint density at radius 3 is 2.82 bits per heavy atom. The summed E-state index contributed by atoms with van der Waals surface area (Å²) in [7, 11) is 0. The van der Waals surface area contributed by atoms with Gasteiger partial charge in [0.25, 0.3) is 0 Å². The van der Waals surface area contributed by atoms with Crippen LogP contribution in [0.1, 0.15) is 37.8 Å². The highest BCUT2D eigenvalue weighted by molar-refractivity contribution is 6.00. The van der Waals surface area contributed by atoms with Gasteiger partial charge in [-0.2, -0.15) is 5.10 Å². The second-order valence-corrected chi connectivity index (χ2v) is 8.85. The Labute approximate surface area is 192 Å². The molecule has 2 aromatic heterocycles. The molecule has 6 N–H and O–H groups in total. The number of hydrogen-bond donors (Lipinski definition) is 5. The van der Waals surface area contributed by atoms with E-state index in [-0.39, 0.29) is 11.8 Å². The van der Waals surface area contributed by atoms with Crippen molar-refractivity contribution in [2.75, 3.05) is 18.4 Å². The number of likely N-dealkylation sites (tertiary alicyclic amines) is 1. The zero-order chi connectivity index (χ0) is 22.9. The molecule has 5 rings (SSSR count). The highest BCUT2D eigenvalue weighted by Crippen LogP contribution is 2.30. The van der Waals surface area contributed by atoms with Crippen molar-refractivity contribution >= 4 is 22.9 Å². The lowest BCUT2D eigenvalue weighted by atomic mass is 10.1. The topological polar surface area (TPSA) is 131 Å². The van der Waals surface area contributed by atoms with E-state index in [0.29, 0.717) is 23.4 Å². The Morgan fingerprint density at radius 1 is 1.24 bits per heavy atom. The Morgan fingerprint density at radius 2 is 2.06 bits per heavy atom. The van der Waals surface area contributed by atoms with Crippen LogP contribution in [0.4, 0.5) is 11.5 Å². The molecule has 4 heterocycles. The summed E-state index contributed by atoms with van der Waals surface area (Å²) in [6, 6.07) is 7.90. The van der Waals surface area contributed by atoms with Crippen LogP contribution < -0.4 is 22.0 Å². The van der Waals surface area contributed by atoms with Gasteiger partial charge in [-0.05, 0) is 69.6 Å². The number of nitrogens with two attached hydrogens (primary N) is 1. The fourth-order valence-corrected chi connectivity index (χ4v) is 4.14. The minimum absolute atomic E-state index is 0.126. The standard InChI is InChI=1S/C22H30N10O/c1-14(2)32-28-21(27-29-32)15-3-4-19(33)18(11-15)26-22-20-16(5-10-31(20)25-13-24-22)12-30-8-6-17(23)7-9-30/h3-5,10-11,13-14,17,29,33H,6-9,12,23H2,1-2H3,(H,27,28)(H,24,25,26). The summed E-state index contributed by atoms with van der Waals surface area (Å²) >= 11 is 0. The molecule has 0 atom stereocenters. The molecule has 0 spiro atoms.